The Morgan fingerprint density at radius 1 is 1.35 bits per heavy atom. The topological polar surface area (TPSA) is 71.4 Å². The highest BCUT2D eigenvalue weighted by Crippen LogP contribution is 2.32. The summed E-state index contributed by atoms with van der Waals surface area (Å²) in [5.41, 5.74) is 0.884. The van der Waals surface area contributed by atoms with Gasteiger partial charge in [0.15, 0.2) is 17.4 Å². The summed E-state index contributed by atoms with van der Waals surface area (Å²) in [4.78, 5) is 0. The molecule has 0 aliphatic carbocycles. The van der Waals surface area contributed by atoms with Crippen molar-refractivity contribution in [2.45, 2.75) is 6.54 Å². The second-order valence-corrected chi connectivity index (χ2v) is 3.85. The Balaban J connectivity index is 1.88. The molecule has 0 radical (unpaired) electrons. The molecule has 1 aliphatic rings. The summed E-state index contributed by atoms with van der Waals surface area (Å²) in [7, 11) is 0. The van der Waals surface area contributed by atoms with Crippen LogP contribution in [-0.4, -0.2) is 12.1 Å². The van der Waals surface area contributed by atoms with Crippen molar-refractivity contribution < 1.29 is 23.8 Å². The zero-order chi connectivity index (χ0) is 11.8. The first-order valence-electron chi connectivity index (χ1n) is 4.85. The van der Waals surface area contributed by atoms with Crippen molar-refractivity contribution in [3.8, 4) is 17.4 Å². The molecule has 3 rings (SSSR count). The minimum atomic E-state index is -0.646. The first-order chi connectivity index (χ1) is 8.24. The fraction of sp³-hybridized carbons (Fsp3) is 0.200. The number of ether oxygens (including phenoxy) is 2. The van der Waals surface area contributed by atoms with E-state index in [4.69, 9.17) is 21.1 Å². The van der Waals surface area contributed by atoms with Crippen LogP contribution in [0.3, 0.4) is 0 Å². The molecule has 0 N–H and O–H groups in total. The third-order valence-electron chi connectivity index (χ3n) is 2.39. The second kappa shape index (κ2) is 3.81. The molecule has 2 aromatic rings. The van der Waals surface area contributed by atoms with E-state index in [-0.39, 0.29) is 11.9 Å². The van der Waals surface area contributed by atoms with Crippen molar-refractivity contribution >= 4 is 11.6 Å². The lowest BCUT2D eigenvalue weighted by molar-refractivity contribution is -0.752. The largest absolute Gasteiger partial charge is 0.538 e. The molecule has 0 saturated heterocycles. The number of hydrogen-bond acceptors (Lipinski definition) is 5. The molecule has 0 unspecified atom stereocenters. The van der Waals surface area contributed by atoms with Gasteiger partial charge in [-0.25, -0.2) is 0 Å². The van der Waals surface area contributed by atoms with Gasteiger partial charge in [0.1, 0.15) is 0 Å². The molecule has 0 amide bonds. The van der Waals surface area contributed by atoms with E-state index in [0.29, 0.717) is 18.0 Å². The smallest absolute Gasteiger partial charge is 0.325 e. The van der Waals surface area contributed by atoms with Gasteiger partial charge in [-0.15, -0.1) is 0 Å². The van der Waals surface area contributed by atoms with Gasteiger partial charge in [-0.2, -0.15) is 0 Å². The molecule has 1 aliphatic heterocycles. The van der Waals surface area contributed by atoms with Gasteiger partial charge in [-0.05, 0) is 29.8 Å². The Labute approximate surface area is 101 Å². The van der Waals surface area contributed by atoms with E-state index in [1.165, 1.54) is 4.68 Å². The SMILES string of the molecule is [O-]c1on[n+](Cc2ccc3c(c2)OCO3)c1Cl. The van der Waals surface area contributed by atoms with Crippen LogP contribution in [-0.2, 0) is 6.54 Å². The zero-order valence-electron chi connectivity index (χ0n) is 8.55. The quantitative estimate of drug-likeness (QED) is 0.729. The first kappa shape index (κ1) is 10.2. The molecule has 17 heavy (non-hydrogen) atoms. The predicted molar refractivity (Wildman–Crippen MR) is 52.8 cm³/mol. The molecule has 0 bridgehead atoms. The van der Waals surface area contributed by atoms with Crippen molar-refractivity contribution in [2.24, 2.45) is 0 Å². The molecule has 2 heterocycles. The summed E-state index contributed by atoms with van der Waals surface area (Å²) in [5, 5.41) is 14.5. The van der Waals surface area contributed by atoms with Crippen LogP contribution in [0.1, 0.15) is 5.56 Å². The van der Waals surface area contributed by atoms with Crippen molar-refractivity contribution in [1.29, 1.82) is 0 Å². The Bertz CT molecular complexity index is 569. The van der Waals surface area contributed by atoms with E-state index in [0.717, 1.165) is 5.56 Å². The van der Waals surface area contributed by atoms with Crippen LogP contribution < -0.4 is 19.3 Å². The third kappa shape index (κ3) is 1.76. The van der Waals surface area contributed by atoms with Crippen LogP contribution in [0, 0.1) is 0 Å². The number of nitrogens with zero attached hydrogens (tertiary/aromatic N) is 2. The van der Waals surface area contributed by atoms with E-state index in [1.807, 2.05) is 12.1 Å². The van der Waals surface area contributed by atoms with Crippen LogP contribution in [0.25, 0.3) is 0 Å². The lowest BCUT2D eigenvalue weighted by Gasteiger charge is -1.98. The maximum absolute atomic E-state index is 11.0. The molecule has 0 atom stereocenters. The van der Waals surface area contributed by atoms with Crippen molar-refractivity contribution in [3.63, 3.8) is 0 Å². The number of aromatic nitrogens is 2. The maximum atomic E-state index is 11.0. The highest BCUT2D eigenvalue weighted by atomic mass is 35.5. The minimum absolute atomic E-state index is 0.0531. The summed E-state index contributed by atoms with van der Waals surface area (Å²) in [5.74, 6) is 0.729. The Kier molecular flexibility index (Phi) is 2.29. The van der Waals surface area contributed by atoms with E-state index in [9.17, 15) is 5.11 Å². The molecule has 0 saturated carbocycles. The Hall–Kier alpha value is -1.95. The molecule has 7 heteroatoms. The summed E-state index contributed by atoms with van der Waals surface area (Å²) in [6.07, 6.45) is 0. The Morgan fingerprint density at radius 3 is 2.94 bits per heavy atom. The highest BCUT2D eigenvalue weighted by Gasteiger charge is 2.18. The molecule has 0 spiro atoms. The molecular formula is C10H7ClN2O4. The van der Waals surface area contributed by atoms with Gasteiger partial charge in [-0.3, -0.25) is 0 Å². The van der Waals surface area contributed by atoms with E-state index < -0.39 is 5.95 Å². The van der Waals surface area contributed by atoms with Crippen LogP contribution in [0.15, 0.2) is 22.7 Å². The van der Waals surface area contributed by atoms with Crippen LogP contribution in [0.4, 0.5) is 0 Å². The minimum Gasteiger partial charge on any atom is -0.538 e. The van der Waals surface area contributed by atoms with E-state index >= 15 is 0 Å². The number of hydrogen-bond donors (Lipinski definition) is 0. The third-order valence-corrected chi connectivity index (χ3v) is 2.74. The lowest BCUT2D eigenvalue weighted by Crippen LogP contribution is -2.37. The van der Waals surface area contributed by atoms with E-state index in [1.54, 1.807) is 6.07 Å². The lowest BCUT2D eigenvalue weighted by atomic mass is 10.2. The summed E-state index contributed by atoms with van der Waals surface area (Å²) >= 11 is 5.71. The van der Waals surface area contributed by atoms with Gasteiger partial charge in [0.25, 0.3) is 0 Å². The van der Waals surface area contributed by atoms with Gasteiger partial charge < -0.3 is 19.1 Å². The molecular weight excluding hydrogens is 248 g/mol. The number of benzene rings is 1. The first-order valence-corrected chi connectivity index (χ1v) is 5.22. The van der Waals surface area contributed by atoms with Gasteiger partial charge in [0.05, 0.1) is 5.27 Å². The maximum Gasteiger partial charge on any atom is 0.325 e. The van der Waals surface area contributed by atoms with Crippen LogP contribution in [0.2, 0.25) is 5.15 Å². The fourth-order valence-electron chi connectivity index (χ4n) is 1.58. The summed E-state index contributed by atoms with van der Waals surface area (Å²) in [6, 6.07) is 5.45. The van der Waals surface area contributed by atoms with Crippen molar-refractivity contribution in [1.82, 2.24) is 5.27 Å². The predicted octanol–water partition coefficient (Wildman–Crippen LogP) is 0.466. The monoisotopic (exact) mass is 254 g/mol. The zero-order valence-corrected chi connectivity index (χ0v) is 9.31. The molecule has 88 valence electrons. The second-order valence-electron chi connectivity index (χ2n) is 3.50. The standard InChI is InChI=1S/C10H7ClN2O4/c11-9-10(14)17-12-13(9)4-6-1-2-7-8(3-6)16-5-15-7/h1-3H,4-5H2. The molecule has 6 nitrogen and oxygen atoms in total. The number of halogens is 1. The van der Waals surface area contributed by atoms with Gasteiger partial charge in [0.2, 0.25) is 13.3 Å². The van der Waals surface area contributed by atoms with Crippen LogP contribution >= 0.6 is 11.6 Å². The van der Waals surface area contributed by atoms with Gasteiger partial charge in [0, 0.05) is 5.56 Å². The number of fused-ring (bicyclic) bond motifs is 1. The molecule has 0 fully saturated rings. The van der Waals surface area contributed by atoms with Gasteiger partial charge >= 0.3 is 5.15 Å². The average molecular weight is 255 g/mol. The van der Waals surface area contributed by atoms with Crippen LogP contribution in [0.5, 0.6) is 17.4 Å². The van der Waals surface area contributed by atoms with E-state index in [2.05, 4.69) is 9.79 Å². The van der Waals surface area contributed by atoms with Crippen molar-refractivity contribution in [3.05, 3.63) is 28.9 Å². The summed E-state index contributed by atoms with van der Waals surface area (Å²) in [6.45, 7) is 0.558. The molecule has 1 aromatic carbocycles. The summed E-state index contributed by atoms with van der Waals surface area (Å²) < 4.78 is 16.1. The Morgan fingerprint density at radius 2 is 2.18 bits per heavy atom. The normalized spacial score (nSPS) is 13.0. The van der Waals surface area contributed by atoms with Crippen molar-refractivity contribution in [2.75, 3.05) is 6.79 Å². The van der Waals surface area contributed by atoms with Gasteiger partial charge in [-0.1, -0.05) is 4.68 Å². The highest BCUT2D eigenvalue weighted by molar-refractivity contribution is 6.29. The fourth-order valence-corrected chi connectivity index (χ4v) is 1.70. The average Bonchev–Trinajstić information content (AvgIpc) is 2.90. The number of rotatable bonds is 2. The molecule has 1 aromatic heterocycles.